The fourth-order valence-electron chi connectivity index (χ4n) is 2.73. The molecule has 0 bridgehead atoms. The molecule has 2 rings (SSSR count). The van der Waals surface area contributed by atoms with Gasteiger partial charge in [-0.25, -0.2) is 0 Å². The molecule has 2 fully saturated rings. The first kappa shape index (κ1) is 17.9. The lowest BCUT2D eigenvalue weighted by molar-refractivity contribution is -0.279. The molecule has 2 aliphatic rings. The first-order valence-corrected chi connectivity index (χ1v) is 6.94. The molecule has 0 aromatic heterocycles. The maximum atomic E-state index is 10.2. The van der Waals surface area contributed by atoms with Gasteiger partial charge in [0.2, 0.25) is 0 Å². The minimum atomic E-state index is -1.70. The summed E-state index contributed by atoms with van der Waals surface area (Å²) in [6.07, 6.45) is -15.2. The van der Waals surface area contributed by atoms with E-state index in [-0.39, 0.29) is 6.61 Å². The predicted molar refractivity (Wildman–Crippen MR) is 67.5 cm³/mol. The molecule has 10 heteroatoms. The van der Waals surface area contributed by atoms with E-state index in [0.29, 0.717) is 0 Å². The van der Waals surface area contributed by atoms with Crippen LogP contribution in [0.4, 0.5) is 0 Å². The lowest BCUT2D eigenvalue weighted by Gasteiger charge is -2.45. The van der Waals surface area contributed by atoms with Crippen molar-refractivity contribution in [1.29, 1.82) is 0 Å². The van der Waals surface area contributed by atoms with Crippen molar-refractivity contribution in [2.75, 3.05) is 13.2 Å². The van der Waals surface area contributed by atoms with Gasteiger partial charge in [0.1, 0.15) is 61.0 Å². The molecule has 0 aromatic carbocycles. The maximum Gasteiger partial charge on any atom is 0.115 e. The molecule has 8 N–H and O–H groups in total. The second-order valence-electron chi connectivity index (χ2n) is 5.63. The summed E-state index contributed by atoms with van der Waals surface area (Å²) in [5.74, 6) is 0. The number of hydrogen-bond acceptors (Lipinski definition) is 10. The predicted octanol–water partition coefficient (Wildman–Crippen LogP) is -5.33. The molecule has 0 saturated carbocycles. The van der Waals surface area contributed by atoms with Crippen LogP contribution in [0.5, 0.6) is 0 Å². The highest BCUT2D eigenvalue weighted by atomic mass is 16.6. The monoisotopic (exact) mass is 326 g/mol. The van der Waals surface area contributed by atoms with Crippen LogP contribution in [-0.4, -0.2) is 115 Å². The topological polar surface area (TPSA) is 180 Å². The Morgan fingerprint density at radius 3 is 2.00 bits per heavy atom. The molecule has 0 aromatic rings. The van der Waals surface area contributed by atoms with Gasteiger partial charge < -0.3 is 50.3 Å². The number of rotatable bonds is 3. The fraction of sp³-hybridized carbons (Fsp3) is 1.00. The SMILES string of the molecule is OC[C@H]1O[C@@H](C(O)[C@H]2OC[C@H](O)[C@@H](O)C2O)[C@H](O)[C@@H](O)[C@H]1O. The molecule has 2 aliphatic heterocycles. The van der Waals surface area contributed by atoms with Gasteiger partial charge in [-0.3, -0.25) is 0 Å². The summed E-state index contributed by atoms with van der Waals surface area (Å²) < 4.78 is 10.2. The van der Waals surface area contributed by atoms with Crippen LogP contribution in [-0.2, 0) is 9.47 Å². The van der Waals surface area contributed by atoms with E-state index in [4.69, 9.17) is 14.6 Å². The van der Waals surface area contributed by atoms with Crippen molar-refractivity contribution in [3.05, 3.63) is 0 Å². The molecule has 10 atom stereocenters. The smallest absolute Gasteiger partial charge is 0.115 e. The lowest BCUT2D eigenvalue weighted by Crippen LogP contribution is -2.66. The van der Waals surface area contributed by atoms with Gasteiger partial charge >= 0.3 is 0 Å². The van der Waals surface area contributed by atoms with Gasteiger partial charge in [0.05, 0.1) is 13.2 Å². The van der Waals surface area contributed by atoms with Crippen LogP contribution in [0.1, 0.15) is 0 Å². The van der Waals surface area contributed by atoms with Gasteiger partial charge in [0, 0.05) is 0 Å². The summed E-state index contributed by atoms with van der Waals surface area (Å²) in [5, 5.41) is 77.4. The molecule has 0 radical (unpaired) electrons. The Morgan fingerprint density at radius 1 is 0.818 bits per heavy atom. The van der Waals surface area contributed by atoms with Gasteiger partial charge in [-0.1, -0.05) is 0 Å². The van der Waals surface area contributed by atoms with Gasteiger partial charge in [-0.05, 0) is 0 Å². The van der Waals surface area contributed by atoms with Crippen molar-refractivity contribution < 1.29 is 50.3 Å². The van der Waals surface area contributed by atoms with Crippen LogP contribution >= 0.6 is 0 Å². The largest absolute Gasteiger partial charge is 0.394 e. The van der Waals surface area contributed by atoms with Crippen molar-refractivity contribution >= 4 is 0 Å². The third-order valence-corrected chi connectivity index (χ3v) is 4.14. The molecule has 0 amide bonds. The normalized spacial score (nSPS) is 51.5. The zero-order valence-electron chi connectivity index (χ0n) is 11.6. The Hall–Kier alpha value is -0.400. The van der Waals surface area contributed by atoms with Crippen molar-refractivity contribution in [1.82, 2.24) is 0 Å². The summed E-state index contributed by atoms with van der Waals surface area (Å²) in [4.78, 5) is 0. The van der Waals surface area contributed by atoms with Crippen molar-refractivity contribution in [2.24, 2.45) is 0 Å². The Bertz CT molecular complexity index is 366. The van der Waals surface area contributed by atoms with E-state index in [9.17, 15) is 35.7 Å². The third-order valence-electron chi connectivity index (χ3n) is 4.14. The van der Waals surface area contributed by atoms with E-state index in [1.807, 2.05) is 0 Å². The number of hydrogen-bond donors (Lipinski definition) is 8. The van der Waals surface area contributed by atoms with Gasteiger partial charge in [-0.2, -0.15) is 0 Å². The van der Waals surface area contributed by atoms with Crippen LogP contribution < -0.4 is 0 Å². The van der Waals surface area contributed by atoms with Crippen LogP contribution in [0, 0.1) is 0 Å². The molecule has 2 heterocycles. The zero-order valence-corrected chi connectivity index (χ0v) is 11.6. The zero-order chi connectivity index (χ0) is 16.6. The lowest BCUT2D eigenvalue weighted by atomic mass is 9.87. The fourth-order valence-corrected chi connectivity index (χ4v) is 2.73. The standard InChI is InChI=1S/C12H22O10/c13-1-4-6(16)7(17)9(19)12(22-4)10(20)11-8(18)5(15)3(14)2-21-11/h3-20H,1-2H2/t3-,4+,5+,6-,7-,8?,9+,10?,11-,12+/m0/s1. The first-order chi connectivity index (χ1) is 10.3. The number of aliphatic hydroxyl groups excluding tert-OH is 8. The highest BCUT2D eigenvalue weighted by Gasteiger charge is 2.51. The highest BCUT2D eigenvalue weighted by Crippen LogP contribution is 2.28. The maximum absolute atomic E-state index is 10.2. The van der Waals surface area contributed by atoms with E-state index in [2.05, 4.69) is 0 Å². The van der Waals surface area contributed by atoms with E-state index >= 15 is 0 Å². The molecule has 0 aliphatic carbocycles. The first-order valence-electron chi connectivity index (χ1n) is 6.94. The van der Waals surface area contributed by atoms with Crippen molar-refractivity contribution in [3.8, 4) is 0 Å². The van der Waals surface area contributed by atoms with Gasteiger partial charge in [-0.15, -0.1) is 0 Å². The molecular weight excluding hydrogens is 304 g/mol. The Labute approximate surface area is 125 Å². The van der Waals surface area contributed by atoms with Crippen LogP contribution in [0.2, 0.25) is 0 Å². The minimum Gasteiger partial charge on any atom is -0.394 e. The van der Waals surface area contributed by atoms with Crippen LogP contribution in [0.25, 0.3) is 0 Å². The van der Waals surface area contributed by atoms with E-state index in [1.54, 1.807) is 0 Å². The Balaban J connectivity index is 2.12. The van der Waals surface area contributed by atoms with Crippen molar-refractivity contribution in [2.45, 2.75) is 61.0 Å². The average Bonchev–Trinajstić information content (AvgIpc) is 2.50. The second-order valence-corrected chi connectivity index (χ2v) is 5.63. The quantitative estimate of drug-likeness (QED) is 0.249. The average molecular weight is 326 g/mol. The highest BCUT2D eigenvalue weighted by molar-refractivity contribution is 5.00. The molecule has 22 heavy (non-hydrogen) atoms. The molecule has 0 spiro atoms. The van der Waals surface area contributed by atoms with E-state index in [0.717, 1.165) is 0 Å². The summed E-state index contributed by atoms with van der Waals surface area (Å²) in [5.41, 5.74) is 0. The molecule has 10 nitrogen and oxygen atoms in total. The Morgan fingerprint density at radius 2 is 1.41 bits per heavy atom. The van der Waals surface area contributed by atoms with E-state index < -0.39 is 67.6 Å². The summed E-state index contributed by atoms with van der Waals surface area (Å²) in [7, 11) is 0. The van der Waals surface area contributed by atoms with Crippen LogP contribution in [0.3, 0.4) is 0 Å². The molecular formula is C12H22O10. The summed E-state index contributed by atoms with van der Waals surface area (Å²) in [6, 6.07) is 0. The Kier molecular flexibility index (Phi) is 5.72. The van der Waals surface area contributed by atoms with Gasteiger partial charge in [0.15, 0.2) is 0 Å². The molecule has 2 saturated heterocycles. The number of ether oxygens (including phenoxy) is 2. The molecule has 2 unspecified atom stereocenters. The van der Waals surface area contributed by atoms with E-state index in [1.165, 1.54) is 0 Å². The second kappa shape index (κ2) is 7.01. The number of aliphatic hydroxyl groups is 8. The summed E-state index contributed by atoms with van der Waals surface area (Å²) >= 11 is 0. The van der Waals surface area contributed by atoms with Crippen LogP contribution in [0.15, 0.2) is 0 Å². The minimum absolute atomic E-state index is 0.350. The van der Waals surface area contributed by atoms with Crippen molar-refractivity contribution in [3.63, 3.8) is 0 Å². The molecule has 130 valence electrons. The third kappa shape index (κ3) is 3.12. The summed E-state index contributed by atoms with van der Waals surface area (Å²) in [6.45, 7) is -1.01. The van der Waals surface area contributed by atoms with Gasteiger partial charge in [0.25, 0.3) is 0 Å².